The zero-order valence-electron chi connectivity index (χ0n) is 10.9. The van der Waals surface area contributed by atoms with E-state index in [-0.39, 0.29) is 6.10 Å². The Morgan fingerprint density at radius 1 is 1.35 bits per heavy atom. The molecule has 2 atom stereocenters. The molecular formula is C13H20O3Si. The third-order valence-corrected chi connectivity index (χ3v) is 4.83. The van der Waals surface area contributed by atoms with Gasteiger partial charge in [-0.25, -0.2) is 0 Å². The van der Waals surface area contributed by atoms with E-state index in [2.05, 4.69) is 19.6 Å². The maximum atomic E-state index is 9.73. The monoisotopic (exact) mass is 252 g/mol. The summed E-state index contributed by atoms with van der Waals surface area (Å²) in [7, 11) is -1.50. The second-order valence-electron chi connectivity index (χ2n) is 5.62. The molecule has 3 nitrogen and oxygen atoms in total. The molecule has 1 aromatic heterocycles. The summed E-state index contributed by atoms with van der Waals surface area (Å²) in [5.74, 6) is 0. The molecule has 2 unspecified atom stereocenters. The fraction of sp³-hybridized carbons (Fsp3) is 0.538. The van der Waals surface area contributed by atoms with Crippen LogP contribution in [0.25, 0.3) is 0 Å². The van der Waals surface area contributed by atoms with Crippen molar-refractivity contribution in [3.8, 4) is 0 Å². The predicted octanol–water partition coefficient (Wildman–Crippen LogP) is 2.55. The van der Waals surface area contributed by atoms with E-state index in [0.717, 1.165) is 22.9 Å². The lowest BCUT2D eigenvalue weighted by molar-refractivity contribution is -0.120. The predicted molar refractivity (Wildman–Crippen MR) is 69.9 cm³/mol. The Hall–Kier alpha value is -0.843. The SMILES string of the molecule is CC1=CCC(c2ccoc2[Si](C)(C)C)OC1O. The fourth-order valence-electron chi connectivity index (χ4n) is 2.09. The number of hydrogen-bond acceptors (Lipinski definition) is 3. The highest BCUT2D eigenvalue weighted by atomic mass is 28.3. The topological polar surface area (TPSA) is 42.6 Å². The van der Waals surface area contributed by atoms with Gasteiger partial charge in [0.05, 0.1) is 17.8 Å². The van der Waals surface area contributed by atoms with Gasteiger partial charge in [-0.1, -0.05) is 25.7 Å². The summed E-state index contributed by atoms with van der Waals surface area (Å²) >= 11 is 0. The molecule has 0 aliphatic carbocycles. The number of rotatable bonds is 2. The molecule has 0 saturated carbocycles. The Bertz CT molecular complexity index is 428. The van der Waals surface area contributed by atoms with Crippen LogP contribution in [0, 0.1) is 0 Å². The summed E-state index contributed by atoms with van der Waals surface area (Å²) in [4.78, 5) is 0. The number of ether oxygens (including phenoxy) is 1. The molecule has 4 heteroatoms. The minimum atomic E-state index is -1.50. The van der Waals surface area contributed by atoms with Gasteiger partial charge in [0, 0.05) is 5.56 Å². The minimum Gasteiger partial charge on any atom is -0.474 e. The van der Waals surface area contributed by atoms with E-state index in [1.807, 2.05) is 19.1 Å². The van der Waals surface area contributed by atoms with Crippen molar-refractivity contribution in [3.05, 3.63) is 29.5 Å². The molecule has 17 heavy (non-hydrogen) atoms. The summed E-state index contributed by atoms with van der Waals surface area (Å²) in [6, 6.07) is 1.97. The minimum absolute atomic E-state index is 0.0748. The van der Waals surface area contributed by atoms with E-state index in [1.165, 1.54) is 0 Å². The highest BCUT2D eigenvalue weighted by Gasteiger charge is 2.30. The first kappa shape index (κ1) is 12.6. The molecule has 0 saturated heterocycles. The zero-order valence-corrected chi connectivity index (χ0v) is 11.9. The van der Waals surface area contributed by atoms with Gasteiger partial charge in [-0.05, 0) is 25.0 Å². The Labute approximate surface area is 103 Å². The van der Waals surface area contributed by atoms with Gasteiger partial charge in [0.2, 0.25) is 0 Å². The van der Waals surface area contributed by atoms with Crippen LogP contribution in [0.2, 0.25) is 19.6 Å². The van der Waals surface area contributed by atoms with E-state index in [1.54, 1.807) is 6.26 Å². The van der Waals surface area contributed by atoms with Crippen LogP contribution in [-0.4, -0.2) is 19.5 Å². The Balaban J connectivity index is 2.28. The maximum Gasteiger partial charge on any atom is 0.177 e. The highest BCUT2D eigenvalue weighted by Crippen LogP contribution is 2.30. The molecule has 0 aromatic carbocycles. The van der Waals surface area contributed by atoms with Gasteiger partial charge in [-0.15, -0.1) is 0 Å². The van der Waals surface area contributed by atoms with Gasteiger partial charge in [0.25, 0.3) is 0 Å². The average Bonchev–Trinajstić information content (AvgIpc) is 2.70. The van der Waals surface area contributed by atoms with Gasteiger partial charge in [0.1, 0.15) is 8.07 Å². The van der Waals surface area contributed by atoms with Crippen molar-refractivity contribution in [2.45, 2.75) is 45.4 Å². The number of hydrogen-bond donors (Lipinski definition) is 1. The Morgan fingerprint density at radius 3 is 2.65 bits per heavy atom. The van der Waals surface area contributed by atoms with Crippen LogP contribution in [0.15, 0.2) is 28.4 Å². The summed E-state index contributed by atoms with van der Waals surface area (Å²) in [5.41, 5.74) is 1.99. The van der Waals surface area contributed by atoms with Crippen LogP contribution in [0.1, 0.15) is 25.0 Å². The van der Waals surface area contributed by atoms with Crippen LogP contribution < -0.4 is 5.38 Å². The molecule has 0 bridgehead atoms. The zero-order chi connectivity index (χ0) is 12.6. The van der Waals surface area contributed by atoms with E-state index in [4.69, 9.17) is 9.15 Å². The Kier molecular flexibility index (Phi) is 3.29. The number of aliphatic hydroxyl groups is 1. The second-order valence-corrected chi connectivity index (χ2v) is 10.6. The normalized spacial score (nSPS) is 25.8. The van der Waals surface area contributed by atoms with Crippen molar-refractivity contribution in [2.24, 2.45) is 0 Å². The van der Waals surface area contributed by atoms with Gasteiger partial charge in [-0.3, -0.25) is 0 Å². The quantitative estimate of drug-likeness (QED) is 0.650. The highest BCUT2D eigenvalue weighted by molar-refractivity contribution is 6.88. The van der Waals surface area contributed by atoms with Crippen LogP contribution in [0.3, 0.4) is 0 Å². The van der Waals surface area contributed by atoms with Gasteiger partial charge >= 0.3 is 0 Å². The molecule has 1 aliphatic rings. The third kappa shape index (κ3) is 2.54. The second kappa shape index (κ2) is 4.44. The lowest BCUT2D eigenvalue weighted by Gasteiger charge is -2.27. The van der Waals surface area contributed by atoms with E-state index in [9.17, 15) is 5.11 Å². The van der Waals surface area contributed by atoms with Crippen LogP contribution >= 0.6 is 0 Å². The average molecular weight is 252 g/mol. The molecule has 0 fully saturated rings. The van der Waals surface area contributed by atoms with Crippen molar-refractivity contribution in [2.75, 3.05) is 0 Å². The molecule has 1 N–H and O–H groups in total. The van der Waals surface area contributed by atoms with Crippen LogP contribution in [-0.2, 0) is 4.74 Å². The van der Waals surface area contributed by atoms with Crippen molar-refractivity contribution in [1.29, 1.82) is 0 Å². The number of aliphatic hydroxyl groups excluding tert-OH is 1. The summed E-state index contributed by atoms with van der Waals surface area (Å²) < 4.78 is 11.3. The lowest BCUT2D eigenvalue weighted by Crippen LogP contribution is -2.40. The van der Waals surface area contributed by atoms with Crippen LogP contribution in [0.4, 0.5) is 0 Å². The summed E-state index contributed by atoms with van der Waals surface area (Å²) in [6.07, 6.45) is 3.72. The maximum absolute atomic E-state index is 9.73. The first-order valence-corrected chi connectivity index (χ1v) is 9.47. The van der Waals surface area contributed by atoms with Crippen molar-refractivity contribution >= 4 is 13.5 Å². The van der Waals surface area contributed by atoms with Crippen molar-refractivity contribution in [1.82, 2.24) is 0 Å². The number of furan rings is 1. The van der Waals surface area contributed by atoms with Crippen LogP contribution in [0.5, 0.6) is 0 Å². The van der Waals surface area contributed by atoms with Crippen molar-refractivity contribution < 1.29 is 14.3 Å². The molecule has 0 radical (unpaired) electrons. The molecule has 0 spiro atoms. The van der Waals surface area contributed by atoms with Gasteiger partial charge in [-0.2, -0.15) is 0 Å². The summed E-state index contributed by atoms with van der Waals surface area (Å²) in [5, 5.41) is 10.8. The standard InChI is InChI=1S/C13H20O3Si/c1-9-5-6-11(16-12(9)14)10-7-8-15-13(10)17(2,3)4/h5,7-8,11-12,14H,6H2,1-4H3. The van der Waals surface area contributed by atoms with E-state index < -0.39 is 14.4 Å². The fourth-order valence-corrected chi connectivity index (χ4v) is 3.63. The molecule has 2 heterocycles. The van der Waals surface area contributed by atoms with Gasteiger partial charge < -0.3 is 14.3 Å². The van der Waals surface area contributed by atoms with E-state index >= 15 is 0 Å². The molecule has 0 amide bonds. The third-order valence-electron chi connectivity index (χ3n) is 3.06. The smallest absolute Gasteiger partial charge is 0.177 e. The first-order chi connectivity index (χ1) is 7.89. The molecule has 1 aliphatic heterocycles. The van der Waals surface area contributed by atoms with Crippen molar-refractivity contribution in [3.63, 3.8) is 0 Å². The lowest BCUT2D eigenvalue weighted by atomic mass is 10.1. The van der Waals surface area contributed by atoms with Gasteiger partial charge in [0.15, 0.2) is 6.29 Å². The van der Waals surface area contributed by atoms with E-state index in [0.29, 0.717) is 0 Å². The molecule has 94 valence electrons. The molecular weight excluding hydrogens is 232 g/mol. The molecule has 2 rings (SSSR count). The summed E-state index contributed by atoms with van der Waals surface area (Å²) in [6.45, 7) is 8.62. The Morgan fingerprint density at radius 2 is 2.06 bits per heavy atom. The first-order valence-electron chi connectivity index (χ1n) is 5.97. The molecule has 1 aromatic rings. The largest absolute Gasteiger partial charge is 0.474 e.